The average Bonchev–Trinajstić information content (AvgIpc) is 2.69. The minimum Gasteiger partial charge on any atom is -0.457 e. The van der Waals surface area contributed by atoms with Crippen LogP contribution in [0, 0.1) is 13.8 Å². The zero-order valence-corrected chi connectivity index (χ0v) is 17.4. The molecule has 0 N–H and O–H groups in total. The van der Waals surface area contributed by atoms with Gasteiger partial charge in [0.2, 0.25) is 10.0 Å². The van der Waals surface area contributed by atoms with Gasteiger partial charge in [-0.3, -0.25) is 0 Å². The maximum absolute atomic E-state index is 12.4. The second-order valence-electron chi connectivity index (χ2n) is 6.86. The molecule has 0 aliphatic heterocycles. The fraction of sp³-hybridized carbons (Fsp3) is 0.238. The fourth-order valence-electron chi connectivity index (χ4n) is 2.84. The smallest absolute Gasteiger partial charge is 0.338 e. The third-order valence-corrected chi connectivity index (χ3v) is 6.57. The molecule has 3 rings (SSSR count). The van der Waals surface area contributed by atoms with Crippen molar-refractivity contribution in [2.24, 2.45) is 0 Å². The zero-order chi connectivity index (χ0) is 21.3. The first kappa shape index (κ1) is 20.8. The van der Waals surface area contributed by atoms with Crippen molar-refractivity contribution in [3.63, 3.8) is 0 Å². The number of sulfonamides is 1. The SMILES string of the molecule is Cc1ccc2c(COC(=O)c3ccc(S(=O)(=O)N(C)C)cc3)cc(=O)oc2c1C. The Bertz CT molecular complexity index is 1240. The molecule has 0 saturated heterocycles. The topological polar surface area (TPSA) is 93.9 Å². The van der Waals surface area contributed by atoms with E-state index in [2.05, 4.69) is 0 Å². The molecule has 0 bridgehead atoms. The number of esters is 1. The molecule has 1 aromatic heterocycles. The molecular weight excluding hydrogens is 394 g/mol. The molecule has 0 radical (unpaired) electrons. The van der Waals surface area contributed by atoms with E-state index in [4.69, 9.17) is 9.15 Å². The highest BCUT2D eigenvalue weighted by Crippen LogP contribution is 2.24. The summed E-state index contributed by atoms with van der Waals surface area (Å²) in [5.41, 5.74) is 2.55. The number of aryl methyl sites for hydroxylation is 2. The zero-order valence-electron chi connectivity index (χ0n) is 16.6. The third-order valence-electron chi connectivity index (χ3n) is 4.74. The highest BCUT2D eigenvalue weighted by molar-refractivity contribution is 7.89. The number of nitrogens with zero attached hydrogens (tertiary/aromatic N) is 1. The van der Waals surface area contributed by atoms with Gasteiger partial charge < -0.3 is 9.15 Å². The summed E-state index contributed by atoms with van der Waals surface area (Å²) in [7, 11) is -0.711. The lowest BCUT2D eigenvalue weighted by atomic mass is 10.0. The monoisotopic (exact) mass is 415 g/mol. The summed E-state index contributed by atoms with van der Waals surface area (Å²) >= 11 is 0. The van der Waals surface area contributed by atoms with E-state index in [0.717, 1.165) is 15.4 Å². The summed E-state index contributed by atoms with van der Waals surface area (Å²) in [5.74, 6) is -0.621. The maximum atomic E-state index is 12.4. The third kappa shape index (κ3) is 4.08. The van der Waals surface area contributed by atoms with E-state index < -0.39 is 21.6 Å². The molecule has 0 spiro atoms. The van der Waals surface area contributed by atoms with Crippen molar-refractivity contribution < 1.29 is 22.4 Å². The van der Waals surface area contributed by atoms with Crippen LogP contribution in [0.5, 0.6) is 0 Å². The lowest BCUT2D eigenvalue weighted by Crippen LogP contribution is -2.22. The predicted molar refractivity (Wildman–Crippen MR) is 108 cm³/mol. The molecule has 0 atom stereocenters. The Hall–Kier alpha value is -2.97. The average molecular weight is 415 g/mol. The normalized spacial score (nSPS) is 11.8. The number of rotatable bonds is 5. The standard InChI is InChI=1S/C21H21NO6S/c1-13-5-10-18-16(11-19(23)28-20(18)14(13)2)12-27-21(24)15-6-8-17(9-7-15)29(25,26)22(3)4/h5-11H,12H2,1-4H3. The minimum atomic E-state index is -3.58. The van der Waals surface area contributed by atoms with E-state index in [0.29, 0.717) is 16.5 Å². The van der Waals surface area contributed by atoms with Gasteiger partial charge in [0.15, 0.2) is 0 Å². The van der Waals surface area contributed by atoms with E-state index in [-0.39, 0.29) is 17.1 Å². The van der Waals surface area contributed by atoms with Gasteiger partial charge in [0.25, 0.3) is 0 Å². The first-order chi connectivity index (χ1) is 13.6. The molecule has 0 saturated carbocycles. The van der Waals surface area contributed by atoms with Gasteiger partial charge in [-0.15, -0.1) is 0 Å². The van der Waals surface area contributed by atoms with Crippen molar-refractivity contribution in [1.82, 2.24) is 4.31 Å². The van der Waals surface area contributed by atoms with Crippen LogP contribution in [0.15, 0.2) is 56.6 Å². The summed E-state index contributed by atoms with van der Waals surface area (Å²) in [6.07, 6.45) is 0. The Morgan fingerprint density at radius 1 is 1.07 bits per heavy atom. The Morgan fingerprint density at radius 3 is 2.34 bits per heavy atom. The van der Waals surface area contributed by atoms with Gasteiger partial charge in [-0.25, -0.2) is 22.3 Å². The first-order valence-electron chi connectivity index (χ1n) is 8.84. The molecule has 7 nitrogen and oxygen atoms in total. The van der Waals surface area contributed by atoms with Crippen LogP contribution in [0.2, 0.25) is 0 Å². The van der Waals surface area contributed by atoms with E-state index >= 15 is 0 Å². The Balaban J connectivity index is 1.83. The van der Waals surface area contributed by atoms with Crippen molar-refractivity contribution in [1.29, 1.82) is 0 Å². The second kappa shape index (κ2) is 7.81. The highest BCUT2D eigenvalue weighted by Gasteiger charge is 2.18. The molecule has 29 heavy (non-hydrogen) atoms. The van der Waals surface area contributed by atoms with Crippen molar-refractivity contribution in [3.05, 3.63) is 75.1 Å². The summed E-state index contributed by atoms with van der Waals surface area (Å²) in [4.78, 5) is 24.4. The summed E-state index contributed by atoms with van der Waals surface area (Å²) in [6, 6.07) is 10.5. The van der Waals surface area contributed by atoms with Crippen LogP contribution in [-0.4, -0.2) is 32.8 Å². The lowest BCUT2D eigenvalue weighted by Gasteiger charge is -2.12. The van der Waals surface area contributed by atoms with Crippen molar-refractivity contribution in [2.45, 2.75) is 25.3 Å². The minimum absolute atomic E-state index is 0.0801. The molecule has 2 aromatic carbocycles. The molecule has 1 heterocycles. The van der Waals surface area contributed by atoms with E-state index in [1.54, 1.807) is 0 Å². The predicted octanol–water partition coefficient (Wildman–Crippen LogP) is 3.02. The quantitative estimate of drug-likeness (QED) is 0.470. The number of benzene rings is 2. The van der Waals surface area contributed by atoms with Gasteiger partial charge in [0.1, 0.15) is 12.2 Å². The Morgan fingerprint density at radius 2 is 1.72 bits per heavy atom. The van der Waals surface area contributed by atoms with Crippen LogP contribution in [0.3, 0.4) is 0 Å². The number of ether oxygens (including phenoxy) is 1. The van der Waals surface area contributed by atoms with Crippen LogP contribution >= 0.6 is 0 Å². The van der Waals surface area contributed by atoms with Crippen LogP contribution in [0.25, 0.3) is 11.0 Å². The number of fused-ring (bicyclic) bond motifs is 1. The number of hydrogen-bond donors (Lipinski definition) is 0. The summed E-state index contributed by atoms with van der Waals surface area (Å²) in [6.45, 7) is 3.67. The van der Waals surface area contributed by atoms with E-state index in [1.807, 2.05) is 26.0 Å². The summed E-state index contributed by atoms with van der Waals surface area (Å²) < 4.78 is 36.0. The number of hydrogen-bond acceptors (Lipinski definition) is 6. The molecule has 3 aromatic rings. The van der Waals surface area contributed by atoms with E-state index in [1.165, 1.54) is 44.4 Å². The molecule has 0 fully saturated rings. The largest absolute Gasteiger partial charge is 0.457 e. The highest BCUT2D eigenvalue weighted by atomic mass is 32.2. The number of carbonyl (C=O) groups is 1. The maximum Gasteiger partial charge on any atom is 0.338 e. The molecule has 152 valence electrons. The Kier molecular flexibility index (Phi) is 5.59. The van der Waals surface area contributed by atoms with Gasteiger partial charge in [0, 0.05) is 31.1 Å². The lowest BCUT2D eigenvalue weighted by molar-refractivity contribution is 0.0473. The molecule has 0 amide bonds. The first-order valence-corrected chi connectivity index (χ1v) is 10.3. The van der Waals surface area contributed by atoms with Gasteiger partial charge >= 0.3 is 11.6 Å². The molecule has 0 aliphatic rings. The fourth-order valence-corrected chi connectivity index (χ4v) is 3.75. The van der Waals surface area contributed by atoms with Gasteiger partial charge in [-0.2, -0.15) is 0 Å². The van der Waals surface area contributed by atoms with Crippen molar-refractivity contribution in [3.8, 4) is 0 Å². The van der Waals surface area contributed by atoms with Crippen LogP contribution < -0.4 is 5.63 Å². The molecule has 8 heteroatoms. The van der Waals surface area contributed by atoms with Crippen LogP contribution in [0.4, 0.5) is 0 Å². The van der Waals surface area contributed by atoms with Gasteiger partial charge in [-0.05, 0) is 49.2 Å². The summed E-state index contributed by atoms with van der Waals surface area (Å²) in [5, 5.41) is 0.702. The molecular formula is C21H21NO6S. The molecule has 0 aliphatic carbocycles. The van der Waals surface area contributed by atoms with Crippen molar-refractivity contribution >= 4 is 27.0 Å². The van der Waals surface area contributed by atoms with E-state index in [9.17, 15) is 18.0 Å². The van der Waals surface area contributed by atoms with Gasteiger partial charge in [-0.1, -0.05) is 12.1 Å². The van der Waals surface area contributed by atoms with Crippen LogP contribution in [-0.2, 0) is 21.4 Å². The number of carbonyl (C=O) groups excluding carboxylic acids is 1. The molecule has 0 unspecified atom stereocenters. The van der Waals surface area contributed by atoms with Crippen LogP contribution in [0.1, 0.15) is 27.0 Å². The Labute approximate surface area is 168 Å². The van der Waals surface area contributed by atoms with Crippen molar-refractivity contribution in [2.75, 3.05) is 14.1 Å². The second-order valence-corrected chi connectivity index (χ2v) is 9.01. The van der Waals surface area contributed by atoms with Gasteiger partial charge in [0.05, 0.1) is 10.5 Å².